The summed E-state index contributed by atoms with van der Waals surface area (Å²) in [4.78, 5) is 4.82. The van der Waals surface area contributed by atoms with Crippen molar-refractivity contribution < 1.29 is 0 Å². The zero-order valence-corrected chi connectivity index (χ0v) is 16.4. The maximum atomic E-state index is 4.82. The van der Waals surface area contributed by atoms with Gasteiger partial charge >= 0.3 is 0 Å². The van der Waals surface area contributed by atoms with E-state index in [1.54, 1.807) is 0 Å². The highest BCUT2D eigenvalue weighted by Crippen LogP contribution is 2.17. The van der Waals surface area contributed by atoms with Gasteiger partial charge in [-0.1, -0.05) is 50.1 Å². The summed E-state index contributed by atoms with van der Waals surface area (Å²) in [6.07, 6.45) is 9.97. The summed E-state index contributed by atoms with van der Waals surface area (Å²) in [5.74, 6) is 1.97. The number of aliphatic imine (C=N–C) groups is 1. The number of guanidine groups is 1. The molecule has 6 heteroatoms. The van der Waals surface area contributed by atoms with Crippen LogP contribution in [0.25, 0.3) is 0 Å². The highest BCUT2D eigenvalue weighted by molar-refractivity contribution is 5.80. The Hall–Kier alpha value is -2.37. The number of hydrogen-bond donors (Lipinski definition) is 2. The molecule has 0 spiro atoms. The van der Waals surface area contributed by atoms with E-state index in [-0.39, 0.29) is 0 Å². The molecule has 1 aromatic carbocycles. The molecular weight excluding hydrogens is 336 g/mol. The Balaban J connectivity index is 1.48. The van der Waals surface area contributed by atoms with Crippen molar-refractivity contribution in [2.75, 3.05) is 13.1 Å². The fourth-order valence-corrected chi connectivity index (χ4v) is 3.57. The fourth-order valence-electron chi connectivity index (χ4n) is 3.57. The lowest BCUT2D eigenvalue weighted by Gasteiger charge is -2.18. The van der Waals surface area contributed by atoms with Crippen molar-refractivity contribution in [2.45, 2.75) is 64.5 Å². The van der Waals surface area contributed by atoms with Crippen LogP contribution in [-0.4, -0.2) is 39.9 Å². The van der Waals surface area contributed by atoms with Gasteiger partial charge in [-0.15, -0.1) is 10.2 Å². The molecule has 1 aromatic heterocycles. The van der Waals surface area contributed by atoms with Gasteiger partial charge in [-0.25, -0.2) is 0 Å². The van der Waals surface area contributed by atoms with E-state index in [1.165, 1.54) is 31.2 Å². The summed E-state index contributed by atoms with van der Waals surface area (Å²) in [6, 6.07) is 11.2. The van der Waals surface area contributed by atoms with Crippen molar-refractivity contribution >= 4 is 5.96 Å². The van der Waals surface area contributed by atoms with E-state index in [1.807, 2.05) is 6.33 Å². The van der Waals surface area contributed by atoms with Gasteiger partial charge in [0.05, 0.1) is 0 Å². The molecule has 2 N–H and O–H groups in total. The van der Waals surface area contributed by atoms with Crippen LogP contribution in [-0.2, 0) is 19.4 Å². The molecular formula is C21H32N6. The highest BCUT2D eigenvalue weighted by atomic mass is 15.3. The lowest BCUT2D eigenvalue weighted by molar-refractivity contribution is 0.592. The van der Waals surface area contributed by atoms with Crippen molar-refractivity contribution in [3.05, 3.63) is 48.0 Å². The maximum absolute atomic E-state index is 4.82. The number of aryl methyl sites for hydroxylation is 2. The van der Waals surface area contributed by atoms with Crippen LogP contribution in [0, 0.1) is 0 Å². The SMILES string of the molecule is CCc1nncn1CCNC(=NCCCc1ccccc1)NC1CCCC1. The predicted octanol–water partition coefficient (Wildman–Crippen LogP) is 2.95. The first-order chi connectivity index (χ1) is 13.3. The number of nitrogens with zero attached hydrogens (tertiary/aromatic N) is 4. The van der Waals surface area contributed by atoms with Gasteiger partial charge < -0.3 is 15.2 Å². The number of nitrogens with one attached hydrogen (secondary N) is 2. The predicted molar refractivity (Wildman–Crippen MR) is 110 cm³/mol. The smallest absolute Gasteiger partial charge is 0.191 e. The van der Waals surface area contributed by atoms with Crippen molar-refractivity contribution in [3.8, 4) is 0 Å². The lowest BCUT2D eigenvalue weighted by atomic mass is 10.1. The third-order valence-corrected chi connectivity index (χ3v) is 5.09. The lowest BCUT2D eigenvalue weighted by Crippen LogP contribution is -2.43. The van der Waals surface area contributed by atoms with Gasteiger partial charge in [-0.2, -0.15) is 0 Å². The summed E-state index contributed by atoms with van der Waals surface area (Å²) in [7, 11) is 0. The van der Waals surface area contributed by atoms with Gasteiger partial charge in [0.1, 0.15) is 12.2 Å². The Labute approximate surface area is 162 Å². The molecule has 0 radical (unpaired) electrons. The third kappa shape index (κ3) is 6.38. The van der Waals surface area contributed by atoms with Gasteiger partial charge in [0.15, 0.2) is 5.96 Å². The van der Waals surface area contributed by atoms with Crippen LogP contribution < -0.4 is 10.6 Å². The van der Waals surface area contributed by atoms with Crippen LogP contribution in [0.5, 0.6) is 0 Å². The van der Waals surface area contributed by atoms with Crippen LogP contribution in [0.3, 0.4) is 0 Å². The summed E-state index contributed by atoms with van der Waals surface area (Å²) in [5, 5.41) is 15.3. The first-order valence-electron chi connectivity index (χ1n) is 10.3. The Bertz CT molecular complexity index is 688. The largest absolute Gasteiger partial charge is 0.355 e. The topological polar surface area (TPSA) is 67.1 Å². The van der Waals surface area contributed by atoms with E-state index in [0.29, 0.717) is 6.04 Å². The Morgan fingerprint density at radius 3 is 2.81 bits per heavy atom. The highest BCUT2D eigenvalue weighted by Gasteiger charge is 2.16. The Morgan fingerprint density at radius 1 is 1.22 bits per heavy atom. The van der Waals surface area contributed by atoms with Gasteiger partial charge in [0.2, 0.25) is 0 Å². The van der Waals surface area contributed by atoms with Gasteiger partial charge in [0, 0.05) is 32.1 Å². The molecule has 3 rings (SSSR count). The van der Waals surface area contributed by atoms with E-state index in [4.69, 9.17) is 4.99 Å². The van der Waals surface area contributed by atoms with Crippen molar-refractivity contribution in [1.82, 2.24) is 25.4 Å². The molecule has 6 nitrogen and oxygen atoms in total. The first-order valence-corrected chi connectivity index (χ1v) is 10.3. The molecule has 0 amide bonds. The molecule has 0 unspecified atom stereocenters. The van der Waals surface area contributed by atoms with Crippen LogP contribution in [0.15, 0.2) is 41.7 Å². The summed E-state index contributed by atoms with van der Waals surface area (Å²) >= 11 is 0. The fraction of sp³-hybridized carbons (Fsp3) is 0.571. The van der Waals surface area contributed by atoms with E-state index in [2.05, 4.69) is 62.7 Å². The van der Waals surface area contributed by atoms with Crippen molar-refractivity contribution in [1.29, 1.82) is 0 Å². The molecule has 1 heterocycles. The molecule has 1 fully saturated rings. The van der Waals surface area contributed by atoms with Gasteiger partial charge in [0.25, 0.3) is 0 Å². The summed E-state index contributed by atoms with van der Waals surface area (Å²) in [5.41, 5.74) is 1.38. The van der Waals surface area contributed by atoms with Crippen LogP contribution in [0.2, 0.25) is 0 Å². The van der Waals surface area contributed by atoms with E-state index >= 15 is 0 Å². The van der Waals surface area contributed by atoms with Crippen LogP contribution in [0.4, 0.5) is 0 Å². The minimum atomic E-state index is 0.562. The monoisotopic (exact) mass is 368 g/mol. The molecule has 146 valence electrons. The molecule has 27 heavy (non-hydrogen) atoms. The number of benzene rings is 1. The van der Waals surface area contributed by atoms with Crippen molar-refractivity contribution in [2.24, 2.45) is 4.99 Å². The summed E-state index contributed by atoms with van der Waals surface area (Å²) in [6.45, 7) is 4.62. The average Bonchev–Trinajstić information content (AvgIpc) is 3.37. The second kappa shape index (κ2) is 10.7. The molecule has 0 bridgehead atoms. The minimum absolute atomic E-state index is 0.562. The third-order valence-electron chi connectivity index (χ3n) is 5.09. The van der Waals surface area contributed by atoms with Crippen molar-refractivity contribution in [3.63, 3.8) is 0 Å². The normalized spacial score (nSPS) is 15.2. The molecule has 2 aromatic rings. The molecule has 0 saturated heterocycles. The minimum Gasteiger partial charge on any atom is -0.355 e. The standard InChI is InChI=1S/C21H32N6/c1-2-20-26-24-17-27(20)16-15-23-21(25-19-12-6-7-13-19)22-14-8-11-18-9-4-3-5-10-18/h3-5,9-10,17,19H,2,6-8,11-16H2,1H3,(H2,22,23,25). The van der Waals surface area contributed by atoms with Crippen LogP contribution >= 0.6 is 0 Å². The molecule has 1 aliphatic carbocycles. The maximum Gasteiger partial charge on any atom is 0.191 e. The second-order valence-electron chi connectivity index (χ2n) is 7.17. The van der Waals surface area contributed by atoms with Gasteiger partial charge in [-0.05, 0) is 31.2 Å². The number of aromatic nitrogens is 3. The quantitative estimate of drug-likeness (QED) is 0.406. The molecule has 1 aliphatic rings. The average molecular weight is 369 g/mol. The molecule has 0 aliphatic heterocycles. The Morgan fingerprint density at radius 2 is 2.04 bits per heavy atom. The van der Waals surface area contributed by atoms with E-state index in [9.17, 15) is 0 Å². The van der Waals surface area contributed by atoms with E-state index in [0.717, 1.165) is 50.7 Å². The van der Waals surface area contributed by atoms with Crippen LogP contribution in [0.1, 0.15) is 50.4 Å². The van der Waals surface area contributed by atoms with E-state index < -0.39 is 0 Å². The molecule has 1 saturated carbocycles. The molecule has 0 atom stereocenters. The summed E-state index contributed by atoms with van der Waals surface area (Å²) < 4.78 is 2.11. The van der Waals surface area contributed by atoms with Gasteiger partial charge in [-0.3, -0.25) is 4.99 Å². The first kappa shape index (κ1) is 19.4. The Kier molecular flexibility index (Phi) is 7.69. The second-order valence-corrected chi connectivity index (χ2v) is 7.17. The number of hydrogen-bond acceptors (Lipinski definition) is 3. The zero-order chi connectivity index (χ0) is 18.7. The number of rotatable bonds is 9. The zero-order valence-electron chi connectivity index (χ0n) is 16.4.